The molecule has 0 aliphatic heterocycles. The summed E-state index contributed by atoms with van der Waals surface area (Å²) in [6.45, 7) is 0. The van der Waals surface area contributed by atoms with Crippen LogP contribution in [0.1, 0.15) is 0 Å². The van der Waals surface area contributed by atoms with E-state index in [1.807, 2.05) is 24.3 Å². The SMILES string of the molecule is c1coc(-c2nc(-c3cc4ccccc4c4ccccc34)[nH]c2-c2ccco2)c1. The number of rotatable bonds is 3. The van der Waals surface area contributed by atoms with Gasteiger partial charge in [-0.25, -0.2) is 4.98 Å². The van der Waals surface area contributed by atoms with Gasteiger partial charge in [0.25, 0.3) is 0 Å². The topological polar surface area (TPSA) is 55.0 Å². The Labute approximate surface area is 166 Å². The summed E-state index contributed by atoms with van der Waals surface area (Å²) in [4.78, 5) is 8.41. The fourth-order valence-electron chi connectivity index (χ4n) is 3.94. The zero-order valence-electron chi connectivity index (χ0n) is 15.4. The standard InChI is InChI=1S/C25H16N2O2/c1-2-8-17-16(7-1)15-20(19-10-4-3-9-18(17)19)25-26-23(21-11-5-13-28-21)24(27-25)22-12-6-14-29-22/h1-15H,(H,26,27). The zero-order valence-corrected chi connectivity index (χ0v) is 15.4. The van der Waals surface area contributed by atoms with E-state index in [2.05, 4.69) is 59.6 Å². The van der Waals surface area contributed by atoms with E-state index in [0.717, 1.165) is 33.9 Å². The van der Waals surface area contributed by atoms with Crippen LogP contribution in [0.3, 0.4) is 0 Å². The highest BCUT2D eigenvalue weighted by Crippen LogP contribution is 2.38. The quantitative estimate of drug-likeness (QED) is 0.342. The zero-order chi connectivity index (χ0) is 19.2. The van der Waals surface area contributed by atoms with Crippen molar-refractivity contribution in [1.29, 1.82) is 0 Å². The van der Waals surface area contributed by atoms with E-state index in [-0.39, 0.29) is 0 Å². The number of nitrogens with zero attached hydrogens (tertiary/aromatic N) is 1. The number of aromatic nitrogens is 2. The van der Waals surface area contributed by atoms with Crippen molar-refractivity contribution >= 4 is 21.5 Å². The Balaban J connectivity index is 1.67. The van der Waals surface area contributed by atoms with Crippen molar-refractivity contribution in [2.24, 2.45) is 0 Å². The summed E-state index contributed by atoms with van der Waals surface area (Å²) in [7, 11) is 0. The van der Waals surface area contributed by atoms with Gasteiger partial charge in [-0.2, -0.15) is 0 Å². The van der Waals surface area contributed by atoms with Crippen LogP contribution in [-0.4, -0.2) is 9.97 Å². The average Bonchev–Trinajstić information content (AvgIpc) is 3.54. The Morgan fingerprint density at radius 1 is 0.655 bits per heavy atom. The number of hydrogen-bond donors (Lipinski definition) is 1. The Hall–Kier alpha value is -4.05. The molecule has 3 aromatic heterocycles. The van der Waals surface area contributed by atoms with Gasteiger partial charge in [-0.15, -0.1) is 0 Å². The number of H-pyrrole nitrogens is 1. The summed E-state index contributed by atoms with van der Waals surface area (Å²) in [5.41, 5.74) is 2.58. The Morgan fingerprint density at radius 3 is 2.10 bits per heavy atom. The second-order valence-electron chi connectivity index (χ2n) is 6.95. The van der Waals surface area contributed by atoms with Gasteiger partial charge in [0.15, 0.2) is 11.5 Å². The summed E-state index contributed by atoms with van der Waals surface area (Å²) in [6, 6.07) is 26.6. The molecular formula is C25H16N2O2. The van der Waals surface area contributed by atoms with E-state index in [0.29, 0.717) is 5.76 Å². The number of nitrogens with one attached hydrogen (secondary N) is 1. The second kappa shape index (κ2) is 6.24. The van der Waals surface area contributed by atoms with Crippen molar-refractivity contribution in [3.8, 4) is 34.3 Å². The molecule has 0 aliphatic rings. The fraction of sp³-hybridized carbons (Fsp3) is 0. The number of hydrogen-bond acceptors (Lipinski definition) is 3. The van der Waals surface area contributed by atoms with E-state index >= 15 is 0 Å². The summed E-state index contributed by atoms with van der Waals surface area (Å²) in [5, 5.41) is 4.76. The minimum atomic E-state index is 0.698. The largest absolute Gasteiger partial charge is 0.463 e. The summed E-state index contributed by atoms with van der Waals surface area (Å²) >= 11 is 0. The summed E-state index contributed by atoms with van der Waals surface area (Å²) in [5.74, 6) is 2.20. The van der Waals surface area contributed by atoms with Crippen molar-refractivity contribution in [1.82, 2.24) is 9.97 Å². The first-order valence-electron chi connectivity index (χ1n) is 9.47. The Bertz CT molecular complexity index is 1390. The highest BCUT2D eigenvalue weighted by atomic mass is 16.3. The van der Waals surface area contributed by atoms with Crippen LogP contribution in [0.4, 0.5) is 0 Å². The van der Waals surface area contributed by atoms with Crippen LogP contribution in [0.5, 0.6) is 0 Å². The lowest BCUT2D eigenvalue weighted by molar-refractivity contribution is 0.573. The number of fused-ring (bicyclic) bond motifs is 3. The van der Waals surface area contributed by atoms with Crippen LogP contribution in [0.15, 0.2) is 100 Å². The van der Waals surface area contributed by atoms with Gasteiger partial charge in [-0.1, -0.05) is 48.5 Å². The predicted molar refractivity (Wildman–Crippen MR) is 114 cm³/mol. The molecule has 3 heterocycles. The van der Waals surface area contributed by atoms with Crippen molar-refractivity contribution < 1.29 is 8.83 Å². The van der Waals surface area contributed by atoms with E-state index in [4.69, 9.17) is 13.8 Å². The van der Waals surface area contributed by atoms with Gasteiger partial charge in [0.2, 0.25) is 0 Å². The first-order valence-corrected chi connectivity index (χ1v) is 9.47. The maximum atomic E-state index is 5.65. The van der Waals surface area contributed by atoms with E-state index < -0.39 is 0 Å². The lowest BCUT2D eigenvalue weighted by Crippen LogP contribution is -1.86. The fourth-order valence-corrected chi connectivity index (χ4v) is 3.94. The number of furan rings is 2. The van der Waals surface area contributed by atoms with Gasteiger partial charge in [0.1, 0.15) is 17.2 Å². The molecular weight excluding hydrogens is 360 g/mol. The van der Waals surface area contributed by atoms with Gasteiger partial charge in [0.05, 0.1) is 12.5 Å². The molecule has 0 atom stereocenters. The number of benzene rings is 3. The third-order valence-corrected chi connectivity index (χ3v) is 5.25. The molecule has 0 unspecified atom stereocenters. The van der Waals surface area contributed by atoms with Crippen molar-refractivity contribution in [2.45, 2.75) is 0 Å². The maximum Gasteiger partial charge on any atom is 0.154 e. The second-order valence-corrected chi connectivity index (χ2v) is 6.95. The van der Waals surface area contributed by atoms with Crippen LogP contribution in [0.2, 0.25) is 0 Å². The number of imidazole rings is 1. The Morgan fingerprint density at radius 2 is 1.34 bits per heavy atom. The normalized spacial score (nSPS) is 11.4. The molecule has 0 aliphatic carbocycles. The first-order chi connectivity index (χ1) is 14.4. The number of aromatic amines is 1. The van der Waals surface area contributed by atoms with Crippen LogP contribution >= 0.6 is 0 Å². The lowest BCUT2D eigenvalue weighted by Gasteiger charge is -2.08. The molecule has 6 rings (SSSR count). The third kappa shape index (κ3) is 2.50. The molecule has 1 N–H and O–H groups in total. The maximum absolute atomic E-state index is 5.65. The highest BCUT2D eigenvalue weighted by Gasteiger charge is 2.20. The summed E-state index contributed by atoms with van der Waals surface area (Å²) < 4.78 is 11.3. The van der Waals surface area contributed by atoms with Crippen LogP contribution in [0, 0.1) is 0 Å². The van der Waals surface area contributed by atoms with Crippen LogP contribution < -0.4 is 0 Å². The molecule has 0 saturated carbocycles. The Kier molecular flexibility index (Phi) is 3.43. The molecule has 0 amide bonds. The van der Waals surface area contributed by atoms with Crippen molar-refractivity contribution in [3.63, 3.8) is 0 Å². The van der Waals surface area contributed by atoms with Gasteiger partial charge in [-0.05, 0) is 51.9 Å². The first kappa shape index (κ1) is 16.0. The molecule has 6 aromatic rings. The highest BCUT2D eigenvalue weighted by molar-refractivity contribution is 6.13. The molecule has 0 spiro atoms. The van der Waals surface area contributed by atoms with Gasteiger partial charge < -0.3 is 13.8 Å². The molecule has 29 heavy (non-hydrogen) atoms. The van der Waals surface area contributed by atoms with Crippen molar-refractivity contribution in [3.05, 3.63) is 91.4 Å². The molecule has 138 valence electrons. The summed E-state index contributed by atoms with van der Waals surface area (Å²) in [6.07, 6.45) is 3.31. The van der Waals surface area contributed by atoms with Gasteiger partial charge >= 0.3 is 0 Å². The predicted octanol–water partition coefficient (Wildman–Crippen LogP) is 6.90. The van der Waals surface area contributed by atoms with E-state index in [9.17, 15) is 0 Å². The van der Waals surface area contributed by atoms with E-state index in [1.54, 1.807) is 12.5 Å². The van der Waals surface area contributed by atoms with E-state index in [1.165, 1.54) is 16.2 Å². The minimum absolute atomic E-state index is 0.698. The lowest BCUT2D eigenvalue weighted by atomic mass is 9.97. The molecule has 0 bridgehead atoms. The third-order valence-electron chi connectivity index (χ3n) is 5.25. The molecule has 0 saturated heterocycles. The molecule has 4 heteroatoms. The van der Waals surface area contributed by atoms with Gasteiger partial charge in [-0.3, -0.25) is 0 Å². The molecule has 3 aromatic carbocycles. The molecule has 0 radical (unpaired) electrons. The van der Waals surface area contributed by atoms with Crippen molar-refractivity contribution in [2.75, 3.05) is 0 Å². The van der Waals surface area contributed by atoms with Crippen LogP contribution in [-0.2, 0) is 0 Å². The molecule has 4 nitrogen and oxygen atoms in total. The van der Waals surface area contributed by atoms with Crippen LogP contribution in [0.25, 0.3) is 55.8 Å². The minimum Gasteiger partial charge on any atom is -0.463 e. The van der Waals surface area contributed by atoms with Gasteiger partial charge in [0, 0.05) is 5.56 Å². The average molecular weight is 376 g/mol. The smallest absolute Gasteiger partial charge is 0.154 e. The molecule has 0 fully saturated rings. The monoisotopic (exact) mass is 376 g/mol.